The summed E-state index contributed by atoms with van der Waals surface area (Å²) in [5.41, 5.74) is 5.28. The van der Waals surface area contributed by atoms with Crippen LogP contribution in [0.2, 0.25) is 0 Å². The molecule has 0 heteroatoms. The van der Waals surface area contributed by atoms with Crippen LogP contribution in [-0.4, -0.2) is 0 Å². The molecule has 2 aliphatic rings. The lowest BCUT2D eigenvalue weighted by atomic mass is 9.91. The van der Waals surface area contributed by atoms with Gasteiger partial charge >= 0.3 is 0 Å². The van der Waals surface area contributed by atoms with Gasteiger partial charge in [-0.2, -0.15) is 0 Å². The van der Waals surface area contributed by atoms with Crippen LogP contribution in [0.1, 0.15) is 13.8 Å². The second-order valence-corrected chi connectivity index (χ2v) is 3.82. The Kier molecular flexibility index (Phi) is 2.86. The lowest BCUT2D eigenvalue weighted by molar-refractivity contribution is 1.28. The van der Waals surface area contributed by atoms with Crippen LogP contribution >= 0.6 is 0 Å². The molecular weight excluding hydrogens is 180 g/mol. The third-order valence-electron chi connectivity index (χ3n) is 2.69. The molecule has 1 radical (unpaired) electrons. The summed E-state index contributed by atoms with van der Waals surface area (Å²) in [5, 5.41) is 0. The molecule has 2 aliphatic carbocycles. The summed E-state index contributed by atoms with van der Waals surface area (Å²) in [6.07, 6.45) is 19.1. The summed E-state index contributed by atoms with van der Waals surface area (Å²) in [6, 6.07) is 0. The molecule has 0 N–H and O–H groups in total. The molecule has 0 atom stereocenters. The van der Waals surface area contributed by atoms with Gasteiger partial charge in [0.1, 0.15) is 0 Å². The normalized spacial score (nSPS) is 24.9. The van der Waals surface area contributed by atoms with Crippen LogP contribution < -0.4 is 0 Å². The minimum absolute atomic E-state index is 1.31. The molecule has 75 valence electrons. The zero-order valence-electron chi connectivity index (χ0n) is 9.20. The molecule has 0 amide bonds. The fourth-order valence-electron chi connectivity index (χ4n) is 1.81. The lowest BCUT2D eigenvalue weighted by Gasteiger charge is -2.14. The Balaban J connectivity index is 2.49. The first-order valence-electron chi connectivity index (χ1n) is 5.24. The van der Waals surface area contributed by atoms with Gasteiger partial charge in [0.25, 0.3) is 0 Å². The maximum atomic E-state index is 2.18. The molecule has 0 unspecified atom stereocenters. The molecule has 2 rings (SSSR count). The van der Waals surface area contributed by atoms with Gasteiger partial charge in [0.15, 0.2) is 0 Å². The van der Waals surface area contributed by atoms with Crippen molar-refractivity contribution in [1.82, 2.24) is 0 Å². The van der Waals surface area contributed by atoms with Crippen molar-refractivity contribution in [2.24, 2.45) is 0 Å². The third-order valence-corrected chi connectivity index (χ3v) is 2.69. The Hall–Kier alpha value is -1.56. The van der Waals surface area contributed by atoms with Crippen molar-refractivity contribution in [3.05, 3.63) is 77.3 Å². The molecule has 0 saturated carbocycles. The van der Waals surface area contributed by atoms with Crippen LogP contribution in [0.25, 0.3) is 0 Å². The molecule has 0 heterocycles. The average molecular weight is 195 g/mol. The molecule has 0 aromatic carbocycles. The molecule has 0 spiro atoms. The predicted molar refractivity (Wildman–Crippen MR) is 66.3 cm³/mol. The summed E-state index contributed by atoms with van der Waals surface area (Å²) in [4.78, 5) is 0. The highest BCUT2D eigenvalue weighted by Gasteiger charge is 2.09. The molecule has 0 saturated heterocycles. The predicted octanol–water partition coefficient (Wildman–Crippen LogP) is 4.08. The van der Waals surface area contributed by atoms with Crippen molar-refractivity contribution in [2.45, 2.75) is 13.8 Å². The largest absolute Gasteiger partial charge is 0.0760 e. The first kappa shape index (κ1) is 9.97. The van der Waals surface area contributed by atoms with Gasteiger partial charge in [-0.15, -0.1) is 0 Å². The molecule has 0 aromatic heterocycles. The highest BCUT2D eigenvalue weighted by Crippen LogP contribution is 2.27. The van der Waals surface area contributed by atoms with Gasteiger partial charge in [0, 0.05) is 6.42 Å². The van der Waals surface area contributed by atoms with Crippen molar-refractivity contribution in [3.8, 4) is 0 Å². The van der Waals surface area contributed by atoms with Crippen molar-refractivity contribution >= 4 is 0 Å². The van der Waals surface area contributed by atoms with E-state index in [1.54, 1.807) is 0 Å². The molecule has 15 heavy (non-hydrogen) atoms. The fraction of sp³-hybridized carbons (Fsp3) is 0.133. The SMILES string of the molecule is CC1=CC=C[CH]/C1=C1/C=CC=CC=C1C. The van der Waals surface area contributed by atoms with Crippen molar-refractivity contribution in [3.63, 3.8) is 0 Å². The van der Waals surface area contributed by atoms with Crippen LogP contribution in [0.15, 0.2) is 70.9 Å². The Labute approximate surface area is 91.7 Å². The average Bonchev–Trinajstić information content (AvgIpc) is 2.44. The van der Waals surface area contributed by atoms with E-state index in [9.17, 15) is 0 Å². The number of allylic oxidation sites excluding steroid dienone is 12. The molecule has 0 bridgehead atoms. The Morgan fingerprint density at radius 1 is 0.667 bits per heavy atom. The zero-order chi connectivity index (χ0) is 10.7. The van der Waals surface area contributed by atoms with Crippen molar-refractivity contribution < 1.29 is 0 Å². The molecule has 0 nitrogen and oxygen atoms in total. The highest BCUT2D eigenvalue weighted by molar-refractivity contribution is 5.58. The summed E-state index contributed by atoms with van der Waals surface area (Å²) >= 11 is 0. The highest BCUT2D eigenvalue weighted by atomic mass is 14.1. The minimum atomic E-state index is 1.31. The topological polar surface area (TPSA) is 0 Å². The van der Waals surface area contributed by atoms with Crippen LogP contribution in [0.5, 0.6) is 0 Å². The minimum Gasteiger partial charge on any atom is -0.0760 e. The second-order valence-electron chi connectivity index (χ2n) is 3.82. The number of rotatable bonds is 0. The molecular formula is C15H15. The van der Waals surface area contributed by atoms with E-state index in [1.165, 1.54) is 22.3 Å². The quantitative estimate of drug-likeness (QED) is 0.546. The van der Waals surface area contributed by atoms with E-state index in [2.05, 4.69) is 68.9 Å². The molecule has 0 aromatic rings. The van der Waals surface area contributed by atoms with Gasteiger partial charge in [-0.1, -0.05) is 48.6 Å². The lowest BCUT2D eigenvalue weighted by Crippen LogP contribution is -1.96. The van der Waals surface area contributed by atoms with E-state index in [-0.39, 0.29) is 0 Å². The van der Waals surface area contributed by atoms with E-state index < -0.39 is 0 Å². The molecule has 0 fully saturated rings. The number of hydrogen-bond donors (Lipinski definition) is 0. The van der Waals surface area contributed by atoms with E-state index in [0.29, 0.717) is 0 Å². The fourth-order valence-corrected chi connectivity index (χ4v) is 1.81. The second kappa shape index (κ2) is 4.31. The Morgan fingerprint density at radius 3 is 2.07 bits per heavy atom. The number of hydrogen-bond acceptors (Lipinski definition) is 0. The summed E-state index contributed by atoms with van der Waals surface area (Å²) in [5.74, 6) is 0. The van der Waals surface area contributed by atoms with Gasteiger partial charge in [0.2, 0.25) is 0 Å². The monoisotopic (exact) mass is 195 g/mol. The summed E-state index contributed by atoms with van der Waals surface area (Å²) in [7, 11) is 0. The van der Waals surface area contributed by atoms with E-state index in [1.807, 2.05) is 0 Å². The maximum absolute atomic E-state index is 2.18. The summed E-state index contributed by atoms with van der Waals surface area (Å²) in [6.45, 7) is 4.31. The van der Waals surface area contributed by atoms with Gasteiger partial charge in [-0.25, -0.2) is 0 Å². The third kappa shape index (κ3) is 2.10. The van der Waals surface area contributed by atoms with Gasteiger partial charge in [-0.05, 0) is 36.1 Å². The zero-order valence-corrected chi connectivity index (χ0v) is 9.20. The van der Waals surface area contributed by atoms with Crippen LogP contribution in [-0.2, 0) is 0 Å². The van der Waals surface area contributed by atoms with Crippen LogP contribution in [0.4, 0.5) is 0 Å². The van der Waals surface area contributed by atoms with E-state index >= 15 is 0 Å². The van der Waals surface area contributed by atoms with Gasteiger partial charge in [-0.3, -0.25) is 0 Å². The first-order chi connectivity index (χ1) is 7.29. The Morgan fingerprint density at radius 2 is 1.33 bits per heavy atom. The first-order valence-corrected chi connectivity index (χ1v) is 5.24. The van der Waals surface area contributed by atoms with Crippen molar-refractivity contribution in [1.29, 1.82) is 0 Å². The maximum Gasteiger partial charge on any atom is 0.0134 e. The van der Waals surface area contributed by atoms with E-state index in [0.717, 1.165) is 0 Å². The van der Waals surface area contributed by atoms with Crippen LogP contribution in [0.3, 0.4) is 0 Å². The van der Waals surface area contributed by atoms with Crippen LogP contribution in [0, 0.1) is 6.42 Å². The Bertz CT molecular complexity index is 435. The smallest absolute Gasteiger partial charge is 0.0134 e. The summed E-state index contributed by atoms with van der Waals surface area (Å²) < 4.78 is 0. The van der Waals surface area contributed by atoms with E-state index in [4.69, 9.17) is 0 Å². The van der Waals surface area contributed by atoms with Gasteiger partial charge < -0.3 is 0 Å². The standard InChI is InChI=1S/C15H15/c1-12-8-4-3-5-10-14(12)15-11-7-6-9-13(15)2/h3-11H,1-2H3/b15-14+. The molecule has 0 aliphatic heterocycles. The van der Waals surface area contributed by atoms with Crippen molar-refractivity contribution in [2.75, 3.05) is 0 Å². The van der Waals surface area contributed by atoms with Gasteiger partial charge in [0.05, 0.1) is 0 Å².